The lowest BCUT2D eigenvalue weighted by Crippen LogP contribution is -2.26. The largest absolute Gasteiger partial charge is 0.494 e. The maximum Gasteiger partial charge on any atom is 0.241 e. The van der Waals surface area contributed by atoms with Crippen molar-refractivity contribution >= 4 is 21.8 Å². The third-order valence-corrected chi connectivity index (χ3v) is 5.69. The van der Waals surface area contributed by atoms with Gasteiger partial charge in [0, 0.05) is 10.9 Å². The molecule has 0 amide bonds. The first-order valence-corrected chi connectivity index (χ1v) is 10.1. The Morgan fingerprint density at radius 1 is 1.09 bits per heavy atom. The molecule has 0 spiro atoms. The van der Waals surface area contributed by atoms with Crippen LogP contribution in [0.3, 0.4) is 0 Å². The minimum atomic E-state index is -3.57. The molecule has 1 N–H and O–H groups in total. The summed E-state index contributed by atoms with van der Waals surface area (Å²) in [7, 11) is -3.57. The zero-order valence-electron chi connectivity index (χ0n) is 13.4. The van der Waals surface area contributed by atoms with Crippen molar-refractivity contribution in [2.75, 3.05) is 12.9 Å². The van der Waals surface area contributed by atoms with Crippen molar-refractivity contribution in [3.8, 4) is 5.75 Å². The number of hydrogen-bond acceptors (Lipinski definition) is 4. The predicted octanol–water partition coefficient (Wildman–Crippen LogP) is 3.85. The molecule has 0 heterocycles. The highest BCUT2D eigenvalue weighted by Gasteiger charge is 2.18. The van der Waals surface area contributed by atoms with Gasteiger partial charge in [0.25, 0.3) is 0 Å². The van der Waals surface area contributed by atoms with E-state index in [1.165, 1.54) is 0 Å². The summed E-state index contributed by atoms with van der Waals surface area (Å²) in [5, 5.41) is 0. The fourth-order valence-electron chi connectivity index (χ4n) is 2.14. The Morgan fingerprint density at radius 3 is 2.22 bits per heavy atom. The number of sulfonamides is 1. The second kappa shape index (κ2) is 7.86. The van der Waals surface area contributed by atoms with E-state index in [2.05, 4.69) is 4.72 Å². The van der Waals surface area contributed by atoms with Gasteiger partial charge in [-0.2, -0.15) is 0 Å². The first kappa shape index (κ1) is 17.8. The van der Waals surface area contributed by atoms with E-state index in [-0.39, 0.29) is 10.9 Å². The second-order valence-corrected chi connectivity index (χ2v) is 7.61. The van der Waals surface area contributed by atoms with Gasteiger partial charge in [0.1, 0.15) is 5.75 Å². The van der Waals surface area contributed by atoms with Crippen LogP contribution in [0.4, 0.5) is 0 Å². The summed E-state index contributed by atoms with van der Waals surface area (Å²) >= 11 is 1.65. The van der Waals surface area contributed by atoms with Gasteiger partial charge in [0.15, 0.2) is 0 Å². The lowest BCUT2D eigenvalue weighted by molar-refractivity contribution is 0.340. The molecule has 0 aliphatic carbocycles. The van der Waals surface area contributed by atoms with Crippen LogP contribution in [0.2, 0.25) is 0 Å². The van der Waals surface area contributed by atoms with Gasteiger partial charge >= 0.3 is 0 Å². The fraction of sp³-hybridized carbons (Fsp3) is 0.294. The molecule has 0 unspecified atom stereocenters. The van der Waals surface area contributed by atoms with Crippen LogP contribution in [0.25, 0.3) is 0 Å². The van der Waals surface area contributed by atoms with Crippen molar-refractivity contribution in [1.29, 1.82) is 0 Å². The van der Waals surface area contributed by atoms with E-state index in [0.717, 1.165) is 10.5 Å². The van der Waals surface area contributed by atoms with Crippen LogP contribution < -0.4 is 9.46 Å². The normalized spacial score (nSPS) is 12.8. The fourth-order valence-corrected chi connectivity index (χ4v) is 3.78. The monoisotopic (exact) mass is 351 g/mol. The van der Waals surface area contributed by atoms with Crippen LogP contribution in [-0.2, 0) is 10.0 Å². The van der Waals surface area contributed by atoms with E-state index in [1.807, 2.05) is 44.4 Å². The Hall–Kier alpha value is -1.50. The summed E-state index contributed by atoms with van der Waals surface area (Å²) in [5.74, 6) is 0.659. The molecule has 23 heavy (non-hydrogen) atoms. The van der Waals surface area contributed by atoms with Crippen LogP contribution in [0.1, 0.15) is 25.5 Å². The van der Waals surface area contributed by atoms with Crippen molar-refractivity contribution in [3.05, 3.63) is 54.1 Å². The number of ether oxygens (including phenoxy) is 1. The first-order valence-electron chi connectivity index (χ1n) is 7.35. The molecule has 0 radical (unpaired) electrons. The molecule has 0 aromatic heterocycles. The molecule has 2 rings (SSSR count). The van der Waals surface area contributed by atoms with Crippen molar-refractivity contribution < 1.29 is 13.2 Å². The molecule has 6 heteroatoms. The zero-order chi connectivity index (χ0) is 16.9. The Balaban J connectivity index is 2.12. The van der Waals surface area contributed by atoms with E-state index in [9.17, 15) is 8.42 Å². The highest BCUT2D eigenvalue weighted by Crippen LogP contribution is 2.22. The molecule has 0 saturated carbocycles. The molecule has 0 aliphatic heterocycles. The van der Waals surface area contributed by atoms with E-state index < -0.39 is 10.0 Å². The average Bonchev–Trinajstić information content (AvgIpc) is 2.55. The van der Waals surface area contributed by atoms with Gasteiger partial charge in [-0.25, -0.2) is 13.1 Å². The Morgan fingerprint density at radius 2 is 1.70 bits per heavy atom. The summed E-state index contributed by atoms with van der Waals surface area (Å²) < 4.78 is 32.9. The number of benzene rings is 2. The third-order valence-electron chi connectivity index (χ3n) is 3.39. The standard InChI is InChI=1S/C17H21NO3S2/c1-4-21-15-7-11-17(12-8-15)23(19,20)18-13(2)14-5-9-16(22-3)10-6-14/h5-13,18H,4H2,1-3H3/t13-/m0/s1. The van der Waals surface area contributed by atoms with E-state index >= 15 is 0 Å². The molecule has 0 fully saturated rings. The Labute approximate surface area is 142 Å². The first-order chi connectivity index (χ1) is 11.0. The minimum Gasteiger partial charge on any atom is -0.494 e. The topological polar surface area (TPSA) is 55.4 Å². The lowest BCUT2D eigenvalue weighted by atomic mass is 10.1. The smallest absolute Gasteiger partial charge is 0.241 e. The van der Waals surface area contributed by atoms with Crippen LogP contribution in [0.5, 0.6) is 5.75 Å². The molecule has 1 atom stereocenters. The number of nitrogens with one attached hydrogen (secondary N) is 1. The zero-order valence-corrected chi connectivity index (χ0v) is 15.1. The molecule has 2 aromatic rings. The SMILES string of the molecule is CCOc1ccc(S(=O)(=O)N[C@@H](C)c2ccc(SC)cc2)cc1. The number of hydrogen-bond donors (Lipinski definition) is 1. The molecule has 0 saturated heterocycles. The van der Waals surface area contributed by atoms with Gasteiger partial charge in [-0.3, -0.25) is 0 Å². The van der Waals surface area contributed by atoms with Crippen molar-refractivity contribution in [1.82, 2.24) is 4.72 Å². The van der Waals surface area contributed by atoms with E-state index in [4.69, 9.17) is 4.74 Å². The Kier molecular flexibility index (Phi) is 6.10. The molecule has 4 nitrogen and oxygen atoms in total. The highest BCUT2D eigenvalue weighted by molar-refractivity contribution is 7.98. The minimum absolute atomic E-state index is 0.230. The number of rotatable bonds is 7. The van der Waals surface area contributed by atoms with Gasteiger partial charge in [-0.05, 0) is 62.1 Å². The third kappa shape index (κ3) is 4.73. The molecular weight excluding hydrogens is 330 g/mol. The summed E-state index contributed by atoms with van der Waals surface area (Å²) in [6.45, 7) is 4.27. The quantitative estimate of drug-likeness (QED) is 0.770. The van der Waals surface area contributed by atoms with Crippen LogP contribution in [0, 0.1) is 0 Å². The summed E-state index contributed by atoms with van der Waals surface area (Å²) in [5.41, 5.74) is 0.928. The molecule has 124 valence electrons. The number of thioether (sulfide) groups is 1. The van der Waals surface area contributed by atoms with Gasteiger partial charge in [0.2, 0.25) is 10.0 Å². The van der Waals surface area contributed by atoms with Gasteiger partial charge < -0.3 is 4.74 Å². The molecular formula is C17H21NO3S2. The van der Waals surface area contributed by atoms with Crippen molar-refractivity contribution in [2.24, 2.45) is 0 Å². The van der Waals surface area contributed by atoms with E-state index in [1.54, 1.807) is 36.0 Å². The lowest BCUT2D eigenvalue weighted by Gasteiger charge is -2.15. The highest BCUT2D eigenvalue weighted by atomic mass is 32.2. The van der Waals surface area contributed by atoms with E-state index in [0.29, 0.717) is 12.4 Å². The van der Waals surface area contributed by atoms with Crippen LogP contribution in [-0.4, -0.2) is 21.3 Å². The predicted molar refractivity (Wildman–Crippen MR) is 94.6 cm³/mol. The summed E-state index contributed by atoms with van der Waals surface area (Å²) in [6, 6.07) is 14.0. The molecule has 2 aromatic carbocycles. The van der Waals surface area contributed by atoms with Crippen molar-refractivity contribution in [2.45, 2.75) is 29.7 Å². The maximum atomic E-state index is 12.5. The summed E-state index contributed by atoms with van der Waals surface area (Å²) in [4.78, 5) is 1.38. The second-order valence-electron chi connectivity index (χ2n) is 5.02. The van der Waals surface area contributed by atoms with Gasteiger partial charge in [-0.1, -0.05) is 12.1 Å². The van der Waals surface area contributed by atoms with Gasteiger partial charge in [0.05, 0.1) is 11.5 Å². The maximum absolute atomic E-state index is 12.5. The summed E-state index contributed by atoms with van der Waals surface area (Å²) in [6.07, 6.45) is 2.01. The molecule has 0 bridgehead atoms. The average molecular weight is 351 g/mol. The van der Waals surface area contributed by atoms with Crippen LogP contribution >= 0.6 is 11.8 Å². The Bertz CT molecular complexity index is 725. The van der Waals surface area contributed by atoms with Crippen LogP contribution in [0.15, 0.2) is 58.3 Å². The van der Waals surface area contributed by atoms with Gasteiger partial charge in [-0.15, -0.1) is 11.8 Å². The van der Waals surface area contributed by atoms with Crippen molar-refractivity contribution in [3.63, 3.8) is 0 Å². The molecule has 0 aliphatic rings.